The molecule has 2 aromatic carbocycles. The number of halogens is 3. The van der Waals surface area contributed by atoms with E-state index in [1.807, 2.05) is 0 Å². The lowest BCUT2D eigenvalue weighted by atomic mass is 9.95. The molecule has 2 aromatic rings. The molecule has 0 fully saturated rings. The molecular weight excluding hydrogens is 329 g/mol. The van der Waals surface area contributed by atoms with E-state index in [1.54, 1.807) is 24.3 Å². The van der Waals surface area contributed by atoms with Crippen molar-refractivity contribution in [1.82, 2.24) is 0 Å². The van der Waals surface area contributed by atoms with Gasteiger partial charge in [0.1, 0.15) is 22.2 Å². The lowest BCUT2D eigenvalue weighted by Crippen LogP contribution is -2.41. The summed E-state index contributed by atoms with van der Waals surface area (Å²) in [7, 11) is -1.62. The van der Waals surface area contributed by atoms with Crippen LogP contribution in [0.4, 0.5) is 13.2 Å². The lowest BCUT2D eigenvalue weighted by molar-refractivity contribution is -0.137. The third-order valence-electron chi connectivity index (χ3n) is 3.75. The van der Waals surface area contributed by atoms with Gasteiger partial charge in [-0.1, -0.05) is 24.3 Å². The Hall–Kier alpha value is -1.86. The third kappa shape index (κ3) is 2.74. The Balaban J connectivity index is 1.92. The molecule has 3 nitrogen and oxygen atoms in total. The third-order valence-corrected chi connectivity index (χ3v) is 5.46. The minimum Gasteiger partial charge on any atom is -0.472 e. The van der Waals surface area contributed by atoms with E-state index in [4.69, 9.17) is 4.74 Å². The molecule has 0 radical (unpaired) electrons. The van der Waals surface area contributed by atoms with Crippen LogP contribution in [0.1, 0.15) is 18.1 Å². The molecule has 0 bridgehead atoms. The Kier molecular flexibility index (Phi) is 3.72. The second-order valence-corrected chi connectivity index (χ2v) is 6.88. The summed E-state index contributed by atoms with van der Waals surface area (Å²) >= 11 is 0. The summed E-state index contributed by atoms with van der Waals surface area (Å²) in [5.41, 5.74) is -3.39. The van der Waals surface area contributed by atoms with Gasteiger partial charge in [0.2, 0.25) is 5.44 Å². The molecule has 0 saturated heterocycles. The van der Waals surface area contributed by atoms with Gasteiger partial charge in [-0.2, -0.15) is 13.2 Å². The zero-order valence-corrected chi connectivity index (χ0v) is 12.8. The first-order valence-corrected chi connectivity index (χ1v) is 7.99. The molecule has 3 atom stereocenters. The van der Waals surface area contributed by atoms with E-state index in [-0.39, 0.29) is 5.56 Å². The van der Waals surface area contributed by atoms with Crippen molar-refractivity contribution < 1.29 is 27.2 Å². The maximum absolute atomic E-state index is 12.6. The molecule has 7 heteroatoms. The SMILES string of the molecule is C[C@@](O)(c1ccc(C(F)(F)F)cc1)[C@H]1Oc2ccccc2S1=O. The van der Waals surface area contributed by atoms with E-state index in [1.165, 1.54) is 19.1 Å². The highest BCUT2D eigenvalue weighted by atomic mass is 32.2. The van der Waals surface area contributed by atoms with Gasteiger partial charge in [0, 0.05) is 0 Å². The average Bonchev–Trinajstić information content (AvgIpc) is 2.85. The number of fused-ring (bicyclic) bond motifs is 1. The maximum Gasteiger partial charge on any atom is 0.416 e. The molecule has 1 aliphatic heterocycles. The molecule has 122 valence electrons. The summed E-state index contributed by atoms with van der Waals surface area (Å²) in [6, 6.07) is 10.8. The van der Waals surface area contributed by atoms with Crippen LogP contribution in [0.15, 0.2) is 53.4 Å². The zero-order chi connectivity index (χ0) is 16.8. The van der Waals surface area contributed by atoms with E-state index in [0.717, 1.165) is 12.1 Å². The highest BCUT2D eigenvalue weighted by molar-refractivity contribution is 7.86. The van der Waals surface area contributed by atoms with Crippen LogP contribution in [0.25, 0.3) is 0 Å². The van der Waals surface area contributed by atoms with E-state index in [2.05, 4.69) is 0 Å². The molecular formula is C16H13F3O3S. The van der Waals surface area contributed by atoms with Gasteiger partial charge in [0.25, 0.3) is 0 Å². The van der Waals surface area contributed by atoms with Crippen LogP contribution in [0.3, 0.4) is 0 Å². The molecule has 1 aliphatic rings. The second kappa shape index (κ2) is 5.35. The van der Waals surface area contributed by atoms with Crippen molar-refractivity contribution in [2.45, 2.75) is 29.0 Å². The van der Waals surface area contributed by atoms with E-state index >= 15 is 0 Å². The van der Waals surface area contributed by atoms with Crippen LogP contribution in [0.2, 0.25) is 0 Å². The van der Waals surface area contributed by atoms with Crippen molar-refractivity contribution in [3.8, 4) is 5.75 Å². The summed E-state index contributed by atoms with van der Waals surface area (Å²) in [5, 5.41) is 10.7. The molecule has 1 N–H and O–H groups in total. The van der Waals surface area contributed by atoms with Gasteiger partial charge in [-0.3, -0.25) is 4.21 Å². The minimum absolute atomic E-state index is 0.205. The van der Waals surface area contributed by atoms with Crippen LogP contribution in [0.5, 0.6) is 5.75 Å². The first-order chi connectivity index (χ1) is 10.7. The van der Waals surface area contributed by atoms with Gasteiger partial charge in [-0.25, -0.2) is 0 Å². The Labute approximate surface area is 133 Å². The van der Waals surface area contributed by atoms with Gasteiger partial charge in [0.15, 0.2) is 0 Å². The summed E-state index contributed by atoms with van der Waals surface area (Å²) < 4.78 is 55.9. The quantitative estimate of drug-likeness (QED) is 0.909. The molecule has 0 spiro atoms. The van der Waals surface area contributed by atoms with Gasteiger partial charge in [-0.05, 0) is 36.8 Å². The number of benzene rings is 2. The maximum atomic E-state index is 12.6. The first-order valence-electron chi connectivity index (χ1n) is 6.77. The molecule has 3 rings (SSSR count). The number of hydrogen-bond acceptors (Lipinski definition) is 3. The molecule has 0 saturated carbocycles. The zero-order valence-electron chi connectivity index (χ0n) is 12.0. The fraction of sp³-hybridized carbons (Fsp3) is 0.250. The molecule has 1 unspecified atom stereocenters. The van der Waals surface area contributed by atoms with Gasteiger partial charge in [0.05, 0.1) is 10.5 Å². The number of hydrogen-bond donors (Lipinski definition) is 1. The Morgan fingerprint density at radius 2 is 1.61 bits per heavy atom. The lowest BCUT2D eigenvalue weighted by Gasteiger charge is -2.29. The summed E-state index contributed by atoms with van der Waals surface area (Å²) in [4.78, 5) is 0.463. The van der Waals surface area contributed by atoms with Crippen LogP contribution in [0, 0.1) is 0 Å². The van der Waals surface area contributed by atoms with Crippen molar-refractivity contribution in [3.63, 3.8) is 0 Å². The van der Waals surface area contributed by atoms with Crippen molar-refractivity contribution in [2.24, 2.45) is 0 Å². The van der Waals surface area contributed by atoms with Crippen LogP contribution in [-0.2, 0) is 22.6 Å². The summed E-state index contributed by atoms with van der Waals surface area (Å²) in [5.74, 6) is 0.406. The fourth-order valence-corrected chi connectivity index (χ4v) is 3.95. The topological polar surface area (TPSA) is 46.5 Å². The molecule has 0 aliphatic carbocycles. The van der Waals surface area contributed by atoms with Crippen LogP contribution in [-0.4, -0.2) is 14.8 Å². The largest absolute Gasteiger partial charge is 0.472 e. The Morgan fingerprint density at radius 3 is 2.17 bits per heavy atom. The summed E-state index contributed by atoms with van der Waals surface area (Å²) in [6.07, 6.45) is -4.45. The standard InChI is InChI=1S/C16H13F3O3S/c1-15(20,10-6-8-11(9-7-10)16(17,18)19)14-22-12-4-2-3-5-13(12)23(14)21/h2-9,14,20H,1H3/t14-,15+,23?/m0/s1. The molecule has 0 aromatic heterocycles. The molecule has 0 amide bonds. The van der Waals surface area contributed by atoms with Crippen molar-refractivity contribution >= 4 is 10.8 Å². The van der Waals surface area contributed by atoms with Crippen LogP contribution >= 0.6 is 0 Å². The number of rotatable bonds is 2. The van der Waals surface area contributed by atoms with E-state index < -0.39 is 33.6 Å². The van der Waals surface area contributed by atoms with Gasteiger partial charge in [-0.15, -0.1) is 0 Å². The number of ether oxygens (including phenoxy) is 1. The smallest absolute Gasteiger partial charge is 0.416 e. The van der Waals surface area contributed by atoms with E-state index in [0.29, 0.717) is 10.6 Å². The monoisotopic (exact) mass is 342 g/mol. The summed E-state index contributed by atoms with van der Waals surface area (Å²) in [6.45, 7) is 1.38. The van der Waals surface area contributed by atoms with Gasteiger partial charge < -0.3 is 9.84 Å². The highest BCUT2D eigenvalue weighted by Crippen LogP contribution is 2.41. The fourth-order valence-electron chi connectivity index (χ4n) is 2.44. The molecule has 23 heavy (non-hydrogen) atoms. The Bertz CT molecular complexity index is 754. The highest BCUT2D eigenvalue weighted by Gasteiger charge is 2.45. The van der Waals surface area contributed by atoms with Crippen molar-refractivity contribution in [3.05, 3.63) is 59.7 Å². The Morgan fingerprint density at radius 1 is 1.04 bits per heavy atom. The predicted molar refractivity (Wildman–Crippen MR) is 78.3 cm³/mol. The molecule has 1 heterocycles. The van der Waals surface area contributed by atoms with Crippen molar-refractivity contribution in [1.29, 1.82) is 0 Å². The van der Waals surface area contributed by atoms with Gasteiger partial charge >= 0.3 is 6.18 Å². The average molecular weight is 342 g/mol. The number of aliphatic hydroxyl groups is 1. The van der Waals surface area contributed by atoms with Crippen molar-refractivity contribution in [2.75, 3.05) is 0 Å². The number of para-hydroxylation sites is 1. The first kappa shape index (κ1) is 16.0. The normalized spacial score (nSPS) is 23.0. The minimum atomic E-state index is -4.45. The van der Waals surface area contributed by atoms with E-state index in [9.17, 15) is 22.5 Å². The predicted octanol–water partition coefficient (Wildman–Crippen LogP) is 3.44. The van der Waals surface area contributed by atoms with Crippen LogP contribution < -0.4 is 4.74 Å². The number of alkyl halides is 3. The second-order valence-electron chi connectivity index (χ2n) is 5.42.